The third-order valence-electron chi connectivity index (χ3n) is 3.87. The Morgan fingerprint density at radius 2 is 1.33 bits per heavy atom. The molecule has 158 valence electrons. The summed E-state index contributed by atoms with van der Waals surface area (Å²) in [5, 5.41) is -0.606. The molecule has 0 radical (unpaired) electrons. The normalized spacial score (nSPS) is 13.0. The quantitative estimate of drug-likeness (QED) is 0.110. The molecule has 30 heavy (non-hydrogen) atoms. The second-order valence-electron chi connectivity index (χ2n) is 5.67. The first-order valence-electron chi connectivity index (χ1n) is 7.75. The number of hydrogen-bond donors (Lipinski definition) is 0. The lowest BCUT2D eigenvalue weighted by Gasteiger charge is -2.14. The predicted octanol–water partition coefficient (Wildman–Crippen LogP) is 7.40. The number of amides is 2. The molecule has 6 nitrogen and oxygen atoms in total. The van der Waals surface area contributed by atoms with E-state index in [0.717, 1.165) is 9.37 Å². The Morgan fingerprint density at radius 3 is 1.80 bits per heavy atom. The van der Waals surface area contributed by atoms with Gasteiger partial charge in [0, 0.05) is 4.47 Å². The number of fused-ring (bicyclic) bond motifs is 1. The van der Waals surface area contributed by atoms with Crippen molar-refractivity contribution in [2.75, 3.05) is 13.2 Å². The van der Waals surface area contributed by atoms with Crippen LogP contribution in [-0.4, -0.2) is 36.0 Å². The van der Waals surface area contributed by atoms with Gasteiger partial charge in [-0.3, -0.25) is 14.5 Å². The number of benzene rings is 2. The van der Waals surface area contributed by atoms with Crippen molar-refractivity contribution in [2.45, 2.75) is 0 Å². The minimum absolute atomic E-state index is 0.129. The van der Waals surface area contributed by atoms with E-state index >= 15 is 0 Å². The molecule has 0 aliphatic carbocycles. The summed E-state index contributed by atoms with van der Waals surface area (Å²) in [5.74, 6) is -1.25. The van der Waals surface area contributed by atoms with Gasteiger partial charge in [0.1, 0.15) is 6.61 Å². The van der Waals surface area contributed by atoms with Crippen LogP contribution in [0, 0.1) is 0 Å². The fraction of sp³-hybridized carbons (Fsp3) is 0.118. The summed E-state index contributed by atoms with van der Waals surface area (Å²) in [6, 6.07) is 3.35. The average molecular weight is 686 g/mol. The van der Waals surface area contributed by atoms with Gasteiger partial charge >= 0.3 is 6.16 Å². The molecule has 0 unspecified atom stereocenters. The highest BCUT2D eigenvalue weighted by Gasteiger charge is 2.41. The third kappa shape index (κ3) is 4.48. The summed E-state index contributed by atoms with van der Waals surface area (Å²) in [6.45, 7) is -0.585. The van der Waals surface area contributed by atoms with Gasteiger partial charge < -0.3 is 9.47 Å². The minimum atomic E-state index is -1.03. The van der Waals surface area contributed by atoms with Crippen molar-refractivity contribution in [1.29, 1.82) is 0 Å². The van der Waals surface area contributed by atoms with Crippen molar-refractivity contribution in [3.05, 3.63) is 56.8 Å². The van der Waals surface area contributed by atoms with Crippen LogP contribution in [0.2, 0.25) is 20.1 Å². The van der Waals surface area contributed by atoms with Crippen molar-refractivity contribution in [3.63, 3.8) is 0 Å². The summed E-state index contributed by atoms with van der Waals surface area (Å²) >= 11 is 33.9. The van der Waals surface area contributed by atoms with E-state index in [1.54, 1.807) is 12.1 Å². The van der Waals surface area contributed by atoms with E-state index in [2.05, 4.69) is 47.8 Å². The van der Waals surface area contributed by atoms with E-state index in [0.29, 0.717) is 8.95 Å². The molecule has 0 spiro atoms. The lowest BCUT2D eigenvalue weighted by Crippen LogP contribution is -2.33. The first kappa shape index (κ1) is 24.1. The topological polar surface area (TPSA) is 72.9 Å². The molecule has 0 fully saturated rings. The molecule has 0 saturated heterocycles. The Labute approximate surface area is 215 Å². The number of rotatable bonds is 4. The molecule has 0 saturated carbocycles. The molecular formula is C17H6Br3Cl4NO5. The molecular weight excluding hydrogens is 680 g/mol. The monoisotopic (exact) mass is 681 g/mol. The van der Waals surface area contributed by atoms with Gasteiger partial charge in [-0.05, 0) is 44.0 Å². The molecule has 1 aliphatic heterocycles. The summed E-state index contributed by atoms with van der Waals surface area (Å²) in [7, 11) is 0. The van der Waals surface area contributed by atoms with Crippen LogP contribution >= 0.6 is 94.2 Å². The molecule has 13 heteroatoms. The highest BCUT2D eigenvalue weighted by atomic mass is 79.9. The lowest BCUT2D eigenvalue weighted by molar-refractivity contribution is 0.0562. The number of nitrogens with zero attached hydrogens (tertiary/aromatic N) is 1. The smallest absolute Gasteiger partial charge is 0.432 e. The van der Waals surface area contributed by atoms with Gasteiger partial charge in [-0.15, -0.1) is 0 Å². The maximum atomic E-state index is 12.6. The molecule has 0 atom stereocenters. The Balaban J connectivity index is 1.68. The van der Waals surface area contributed by atoms with Crippen LogP contribution in [0.4, 0.5) is 4.79 Å². The highest BCUT2D eigenvalue weighted by Crippen LogP contribution is 2.44. The Kier molecular flexibility index (Phi) is 7.65. The number of ether oxygens (including phenoxy) is 2. The Morgan fingerprint density at radius 1 is 0.867 bits per heavy atom. The van der Waals surface area contributed by atoms with E-state index in [9.17, 15) is 14.4 Å². The van der Waals surface area contributed by atoms with Gasteiger partial charge in [-0.1, -0.05) is 62.3 Å². The average Bonchev–Trinajstić information content (AvgIpc) is 2.92. The Hall–Kier alpha value is -0.550. The summed E-state index contributed by atoms with van der Waals surface area (Å²) in [6.07, 6.45) is -1.03. The number of hydrogen-bond acceptors (Lipinski definition) is 5. The van der Waals surface area contributed by atoms with Crippen LogP contribution in [0.1, 0.15) is 20.7 Å². The third-order valence-corrected chi connectivity index (χ3v) is 7.31. The van der Waals surface area contributed by atoms with Gasteiger partial charge in [-0.25, -0.2) is 4.79 Å². The van der Waals surface area contributed by atoms with Gasteiger partial charge in [0.25, 0.3) is 11.8 Å². The summed E-state index contributed by atoms with van der Waals surface area (Å²) in [5.41, 5.74) is -0.294. The molecule has 3 rings (SSSR count). The summed E-state index contributed by atoms with van der Waals surface area (Å²) < 4.78 is 11.9. The number of carbonyl (C=O) groups is 3. The van der Waals surface area contributed by atoms with Crippen LogP contribution in [-0.2, 0) is 4.74 Å². The zero-order valence-electron chi connectivity index (χ0n) is 14.2. The predicted molar refractivity (Wildman–Crippen MR) is 123 cm³/mol. The fourth-order valence-corrected chi connectivity index (χ4v) is 5.99. The van der Waals surface area contributed by atoms with Gasteiger partial charge in [0.2, 0.25) is 0 Å². The molecule has 2 aromatic carbocycles. The standard InChI is InChI=1S/C17H6Br3Cl4NO5/c18-5-3-6(19)14(7(20)4-5)30-17(28)29-2-1-25-15(26)8-9(16(25)27)11(22)13(24)12(23)10(8)21/h3-4H,1-2H2. The van der Waals surface area contributed by atoms with Crippen LogP contribution in [0.25, 0.3) is 0 Å². The van der Waals surface area contributed by atoms with E-state index in [4.69, 9.17) is 55.9 Å². The van der Waals surface area contributed by atoms with Gasteiger partial charge in [-0.2, -0.15) is 0 Å². The number of imide groups is 1. The van der Waals surface area contributed by atoms with E-state index in [1.165, 1.54) is 0 Å². The second kappa shape index (κ2) is 9.52. The number of carbonyl (C=O) groups excluding carboxylic acids is 3. The van der Waals surface area contributed by atoms with Crippen LogP contribution in [0.5, 0.6) is 5.75 Å². The largest absolute Gasteiger partial charge is 0.513 e. The number of halogens is 7. The molecule has 0 aromatic heterocycles. The van der Waals surface area contributed by atoms with Crippen LogP contribution < -0.4 is 4.74 Å². The zero-order valence-corrected chi connectivity index (χ0v) is 22.0. The minimum Gasteiger partial charge on any atom is -0.432 e. The van der Waals surface area contributed by atoms with Gasteiger partial charge in [0.15, 0.2) is 5.75 Å². The first-order valence-corrected chi connectivity index (χ1v) is 11.6. The van der Waals surface area contributed by atoms with Crippen molar-refractivity contribution in [2.24, 2.45) is 0 Å². The maximum absolute atomic E-state index is 12.6. The maximum Gasteiger partial charge on any atom is 0.513 e. The molecule has 2 amide bonds. The second-order valence-corrected chi connectivity index (χ2v) is 9.80. The molecule has 1 aliphatic rings. The highest BCUT2D eigenvalue weighted by molar-refractivity contribution is 9.11. The van der Waals surface area contributed by atoms with Crippen LogP contribution in [0.3, 0.4) is 0 Å². The Bertz CT molecular complexity index is 1040. The van der Waals surface area contributed by atoms with Crippen LogP contribution in [0.15, 0.2) is 25.6 Å². The van der Waals surface area contributed by atoms with Gasteiger partial charge in [0.05, 0.1) is 46.7 Å². The van der Waals surface area contributed by atoms with Crippen molar-refractivity contribution in [3.8, 4) is 5.75 Å². The first-order chi connectivity index (χ1) is 14.0. The van der Waals surface area contributed by atoms with Crippen molar-refractivity contribution in [1.82, 2.24) is 4.90 Å². The van der Waals surface area contributed by atoms with E-state index < -0.39 is 18.0 Å². The molecule has 2 aromatic rings. The zero-order chi connectivity index (χ0) is 22.3. The molecule has 0 bridgehead atoms. The van der Waals surface area contributed by atoms with E-state index in [1.807, 2.05) is 0 Å². The SMILES string of the molecule is O=C(OCCN1C(=O)c2c(Cl)c(Cl)c(Cl)c(Cl)c2C1=O)Oc1c(Br)cc(Br)cc1Br. The van der Waals surface area contributed by atoms with Crippen molar-refractivity contribution < 1.29 is 23.9 Å². The fourth-order valence-electron chi connectivity index (χ4n) is 2.56. The lowest BCUT2D eigenvalue weighted by atomic mass is 10.1. The molecule has 0 N–H and O–H groups in total. The van der Waals surface area contributed by atoms with E-state index in [-0.39, 0.29) is 50.1 Å². The summed E-state index contributed by atoms with van der Waals surface area (Å²) in [4.78, 5) is 38.0. The molecule has 1 heterocycles. The van der Waals surface area contributed by atoms with Crippen molar-refractivity contribution >= 4 is 112 Å².